The molecule has 0 fully saturated rings. The van der Waals surface area contributed by atoms with Gasteiger partial charge in [-0.1, -0.05) is 44.3 Å². The molecule has 1 aliphatic heterocycles. The van der Waals surface area contributed by atoms with Crippen molar-refractivity contribution in [2.24, 2.45) is 11.1 Å². The van der Waals surface area contributed by atoms with Crippen LogP contribution in [0.3, 0.4) is 0 Å². The molecular weight excluding hydrogens is 272 g/mol. The monoisotopic (exact) mass is 292 g/mol. The maximum Gasteiger partial charge on any atom is 0.233 e. The average Bonchev–Trinajstić information content (AvgIpc) is 2.84. The van der Waals surface area contributed by atoms with E-state index in [2.05, 4.69) is 5.32 Å². The largest absolute Gasteiger partial charge is 0.491 e. The van der Waals surface area contributed by atoms with E-state index in [-0.39, 0.29) is 16.9 Å². The first-order valence-electron chi connectivity index (χ1n) is 6.87. The molecule has 1 amide bonds. The Labute approximate surface area is 124 Å². The summed E-state index contributed by atoms with van der Waals surface area (Å²) in [5, 5.41) is 3.03. The lowest BCUT2D eigenvalue weighted by atomic mass is 9.81. The van der Waals surface area contributed by atoms with Crippen molar-refractivity contribution >= 4 is 23.1 Å². The Balaban J connectivity index is 2.19. The zero-order valence-corrected chi connectivity index (χ0v) is 12.6. The third-order valence-corrected chi connectivity index (χ3v) is 4.51. The fraction of sp³-hybridized carbons (Fsp3) is 0.467. The highest BCUT2D eigenvalue weighted by Gasteiger charge is 2.40. The van der Waals surface area contributed by atoms with Crippen molar-refractivity contribution in [2.75, 3.05) is 6.61 Å². The number of thiocarbonyl (C=S) groups is 1. The van der Waals surface area contributed by atoms with Gasteiger partial charge in [-0.2, -0.15) is 0 Å². The van der Waals surface area contributed by atoms with Crippen LogP contribution in [-0.4, -0.2) is 17.5 Å². The van der Waals surface area contributed by atoms with Gasteiger partial charge in [0, 0.05) is 5.56 Å². The van der Waals surface area contributed by atoms with Gasteiger partial charge < -0.3 is 15.8 Å². The number of fused-ring (bicyclic) bond motifs is 1. The minimum Gasteiger partial charge on any atom is -0.491 e. The van der Waals surface area contributed by atoms with Gasteiger partial charge in [-0.05, 0) is 18.9 Å². The second-order valence-electron chi connectivity index (χ2n) is 5.03. The van der Waals surface area contributed by atoms with E-state index in [4.69, 9.17) is 22.7 Å². The van der Waals surface area contributed by atoms with Crippen molar-refractivity contribution in [1.29, 1.82) is 0 Å². The Morgan fingerprint density at radius 2 is 2.10 bits per heavy atom. The van der Waals surface area contributed by atoms with E-state index >= 15 is 0 Å². The van der Waals surface area contributed by atoms with E-state index in [1.165, 1.54) is 0 Å². The summed E-state index contributed by atoms with van der Waals surface area (Å²) in [5.41, 5.74) is 6.04. The zero-order chi connectivity index (χ0) is 14.8. The molecule has 1 heterocycles. The van der Waals surface area contributed by atoms with Crippen molar-refractivity contribution in [3.63, 3.8) is 0 Å². The summed E-state index contributed by atoms with van der Waals surface area (Å²) in [6.07, 6.45) is 1.19. The fourth-order valence-corrected chi connectivity index (χ4v) is 2.99. The minimum absolute atomic E-state index is 0.111. The van der Waals surface area contributed by atoms with Crippen LogP contribution < -0.4 is 15.8 Å². The highest BCUT2D eigenvalue weighted by atomic mass is 32.1. The number of nitrogens with two attached hydrogens (primary N) is 1. The van der Waals surface area contributed by atoms with Gasteiger partial charge in [0.2, 0.25) is 5.91 Å². The second-order valence-corrected chi connectivity index (χ2v) is 5.47. The highest BCUT2D eigenvalue weighted by Crippen LogP contribution is 2.34. The number of benzene rings is 1. The molecule has 2 rings (SSSR count). The van der Waals surface area contributed by atoms with E-state index in [0.29, 0.717) is 19.4 Å². The molecule has 0 saturated heterocycles. The van der Waals surface area contributed by atoms with Crippen LogP contribution in [-0.2, 0) is 4.79 Å². The third-order valence-electron chi connectivity index (χ3n) is 4.12. The molecule has 1 aliphatic rings. The predicted molar refractivity (Wildman–Crippen MR) is 82.6 cm³/mol. The van der Waals surface area contributed by atoms with Crippen molar-refractivity contribution < 1.29 is 9.53 Å². The van der Waals surface area contributed by atoms with Crippen LogP contribution in [0.15, 0.2) is 24.3 Å². The lowest BCUT2D eigenvalue weighted by molar-refractivity contribution is -0.128. The molecule has 5 heteroatoms. The number of carbonyl (C=O) groups excluding carboxylic acids is 1. The Kier molecular flexibility index (Phi) is 4.28. The topological polar surface area (TPSA) is 64.3 Å². The zero-order valence-electron chi connectivity index (χ0n) is 11.8. The van der Waals surface area contributed by atoms with Crippen LogP contribution in [0.2, 0.25) is 0 Å². The van der Waals surface area contributed by atoms with Crippen molar-refractivity contribution in [3.05, 3.63) is 29.8 Å². The van der Waals surface area contributed by atoms with Gasteiger partial charge in [-0.3, -0.25) is 4.79 Å². The first kappa shape index (κ1) is 14.8. The summed E-state index contributed by atoms with van der Waals surface area (Å²) >= 11 is 5.11. The SMILES string of the molecule is CCC(CC)(C(=O)NC1COc2ccccc21)C(N)=S. The van der Waals surface area contributed by atoms with Crippen LogP contribution in [0.25, 0.3) is 0 Å². The normalized spacial score (nSPS) is 17.2. The highest BCUT2D eigenvalue weighted by molar-refractivity contribution is 7.80. The van der Waals surface area contributed by atoms with Gasteiger partial charge in [-0.15, -0.1) is 0 Å². The number of amides is 1. The summed E-state index contributed by atoms with van der Waals surface area (Å²) in [7, 11) is 0. The molecule has 108 valence electrons. The van der Waals surface area contributed by atoms with E-state index in [1.807, 2.05) is 38.1 Å². The summed E-state index contributed by atoms with van der Waals surface area (Å²) < 4.78 is 5.57. The standard InChI is InChI=1S/C15H20N2O2S/c1-3-15(4-2,13(16)20)14(18)17-11-9-19-12-8-6-5-7-10(11)12/h5-8,11H,3-4,9H2,1-2H3,(H2,16,20)(H,17,18). The maximum atomic E-state index is 12.6. The molecule has 0 bridgehead atoms. The van der Waals surface area contributed by atoms with Crippen LogP contribution in [0, 0.1) is 5.41 Å². The number of nitrogens with one attached hydrogen (secondary N) is 1. The van der Waals surface area contributed by atoms with Crippen LogP contribution in [0.5, 0.6) is 5.75 Å². The summed E-state index contributed by atoms with van der Waals surface area (Å²) in [4.78, 5) is 12.9. The van der Waals surface area contributed by atoms with Crippen molar-refractivity contribution in [1.82, 2.24) is 5.32 Å². The number of carbonyl (C=O) groups is 1. The van der Waals surface area contributed by atoms with E-state index in [1.54, 1.807) is 0 Å². The molecule has 20 heavy (non-hydrogen) atoms. The van der Waals surface area contributed by atoms with Gasteiger partial charge in [0.15, 0.2) is 0 Å². The molecule has 1 aromatic rings. The first-order chi connectivity index (χ1) is 9.55. The van der Waals surface area contributed by atoms with E-state index in [9.17, 15) is 4.79 Å². The molecule has 0 spiro atoms. The Hall–Kier alpha value is -1.62. The van der Waals surface area contributed by atoms with Gasteiger partial charge in [0.05, 0.1) is 16.4 Å². The molecule has 0 radical (unpaired) electrons. The maximum absolute atomic E-state index is 12.6. The van der Waals surface area contributed by atoms with Gasteiger partial charge in [0.25, 0.3) is 0 Å². The lowest BCUT2D eigenvalue weighted by Gasteiger charge is -2.30. The first-order valence-corrected chi connectivity index (χ1v) is 7.28. The Morgan fingerprint density at radius 3 is 2.70 bits per heavy atom. The van der Waals surface area contributed by atoms with E-state index < -0.39 is 5.41 Å². The molecule has 4 nitrogen and oxygen atoms in total. The molecular formula is C15H20N2O2S. The third kappa shape index (κ3) is 2.38. The Bertz CT molecular complexity index is 526. The summed E-state index contributed by atoms with van der Waals surface area (Å²) in [6, 6.07) is 7.59. The number of para-hydroxylation sites is 1. The quantitative estimate of drug-likeness (QED) is 0.818. The number of ether oxygens (including phenoxy) is 1. The average molecular weight is 292 g/mol. The van der Waals surface area contributed by atoms with Crippen LogP contribution in [0.4, 0.5) is 0 Å². The smallest absolute Gasteiger partial charge is 0.233 e. The number of hydrogen-bond acceptors (Lipinski definition) is 3. The predicted octanol–water partition coefficient (Wildman–Crippen LogP) is 2.33. The molecule has 1 aromatic carbocycles. The fourth-order valence-electron chi connectivity index (χ4n) is 2.61. The summed E-state index contributed by atoms with van der Waals surface area (Å²) in [5.74, 6) is 0.715. The van der Waals surface area contributed by atoms with Crippen LogP contribution >= 0.6 is 12.2 Å². The molecule has 0 saturated carbocycles. The molecule has 1 unspecified atom stereocenters. The van der Waals surface area contributed by atoms with Crippen molar-refractivity contribution in [2.45, 2.75) is 32.7 Å². The summed E-state index contributed by atoms with van der Waals surface area (Å²) in [6.45, 7) is 4.31. The number of hydrogen-bond donors (Lipinski definition) is 2. The number of rotatable bonds is 5. The second kappa shape index (κ2) is 5.79. The van der Waals surface area contributed by atoms with Gasteiger partial charge >= 0.3 is 0 Å². The molecule has 3 N–H and O–H groups in total. The van der Waals surface area contributed by atoms with Crippen molar-refractivity contribution in [3.8, 4) is 5.75 Å². The van der Waals surface area contributed by atoms with Gasteiger partial charge in [0.1, 0.15) is 12.4 Å². The van der Waals surface area contributed by atoms with Crippen LogP contribution in [0.1, 0.15) is 38.3 Å². The molecule has 1 atom stereocenters. The van der Waals surface area contributed by atoms with Gasteiger partial charge in [-0.25, -0.2) is 0 Å². The van der Waals surface area contributed by atoms with E-state index in [0.717, 1.165) is 11.3 Å². The molecule has 0 aliphatic carbocycles. The lowest BCUT2D eigenvalue weighted by Crippen LogP contribution is -2.49. The Morgan fingerprint density at radius 1 is 1.45 bits per heavy atom. The molecule has 0 aromatic heterocycles. The minimum atomic E-state index is -0.771.